The molecule has 2 N–H and O–H groups in total. The maximum atomic E-state index is 6.33. The SMILES string of the molecule is Cc1nc(CC(N)c2cncc3ccccc23)cs1. The van der Waals surface area contributed by atoms with Gasteiger partial charge in [-0.3, -0.25) is 4.98 Å². The van der Waals surface area contributed by atoms with Crippen molar-refractivity contribution >= 4 is 22.1 Å². The van der Waals surface area contributed by atoms with Crippen molar-refractivity contribution in [2.45, 2.75) is 19.4 Å². The number of nitrogens with zero attached hydrogens (tertiary/aromatic N) is 2. The maximum absolute atomic E-state index is 6.33. The predicted octanol–water partition coefficient (Wildman–Crippen LogP) is 3.24. The van der Waals surface area contributed by atoms with Crippen LogP contribution in [-0.2, 0) is 6.42 Å². The van der Waals surface area contributed by atoms with Crippen LogP contribution in [0.3, 0.4) is 0 Å². The molecule has 0 aliphatic heterocycles. The Hall–Kier alpha value is -1.78. The smallest absolute Gasteiger partial charge is 0.0897 e. The third kappa shape index (κ3) is 2.50. The zero-order chi connectivity index (χ0) is 13.2. The fourth-order valence-corrected chi connectivity index (χ4v) is 2.90. The summed E-state index contributed by atoms with van der Waals surface area (Å²) in [6, 6.07) is 8.14. The number of hydrogen-bond donors (Lipinski definition) is 1. The molecule has 1 aromatic carbocycles. The lowest BCUT2D eigenvalue weighted by atomic mass is 9.99. The van der Waals surface area contributed by atoms with Crippen LogP contribution in [0, 0.1) is 6.92 Å². The third-order valence-electron chi connectivity index (χ3n) is 3.19. The van der Waals surface area contributed by atoms with Crippen LogP contribution in [0.25, 0.3) is 10.8 Å². The first kappa shape index (κ1) is 12.3. The molecule has 0 saturated heterocycles. The number of benzene rings is 1. The zero-order valence-electron chi connectivity index (χ0n) is 10.7. The third-order valence-corrected chi connectivity index (χ3v) is 4.02. The van der Waals surface area contributed by atoms with E-state index in [0.29, 0.717) is 0 Å². The van der Waals surface area contributed by atoms with E-state index < -0.39 is 0 Å². The van der Waals surface area contributed by atoms with Gasteiger partial charge in [-0.2, -0.15) is 0 Å². The van der Waals surface area contributed by atoms with Crippen molar-refractivity contribution in [3.05, 3.63) is 58.3 Å². The Kier molecular flexibility index (Phi) is 3.27. The van der Waals surface area contributed by atoms with E-state index in [1.807, 2.05) is 31.5 Å². The molecule has 1 atom stereocenters. The van der Waals surface area contributed by atoms with Gasteiger partial charge in [-0.15, -0.1) is 11.3 Å². The molecule has 0 amide bonds. The first-order valence-corrected chi connectivity index (χ1v) is 7.11. The summed E-state index contributed by atoms with van der Waals surface area (Å²) in [5.74, 6) is 0. The summed E-state index contributed by atoms with van der Waals surface area (Å²) >= 11 is 1.66. The van der Waals surface area contributed by atoms with Gasteiger partial charge in [0.05, 0.1) is 10.7 Å². The molecule has 0 radical (unpaired) electrons. The minimum Gasteiger partial charge on any atom is -0.324 e. The topological polar surface area (TPSA) is 51.8 Å². The standard InChI is InChI=1S/C15H15N3S/c1-10-18-12(9-19-10)6-15(16)14-8-17-7-11-4-2-3-5-13(11)14/h2-5,7-9,15H,6,16H2,1H3. The highest BCUT2D eigenvalue weighted by Crippen LogP contribution is 2.24. The summed E-state index contributed by atoms with van der Waals surface area (Å²) in [6.07, 6.45) is 4.49. The number of pyridine rings is 1. The van der Waals surface area contributed by atoms with Crippen molar-refractivity contribution in [3.63, 3.8) is 0 Å². The first-order valence-electron chi connectivity index (χ1n) is 6.23. The van der Waals surface area contributed by atoms with Crippen LogP contribution >= 0.6 is 11.3 Å². The fraction of sp³-hybridized carbons (Fsp3) is 0.200. The molecule has 3 nitrogen and oxygen atoms in total. The summed E-state index contributed by atoms with van der Waals surface area (Å²) in [4.78, 5) is 8.76. The van der Waals surface area contributed by atoms with Crippen LogP contribution in [0.5, 0.6) is 0 Å². The molecule has 0 bridgehead atoms. The predicted molar refractivity (Wildman–Crippen MR) is 79.2 cm³/mol. The van der Waals surface area contributed by atoms with Crippen LogP contribution < -0.4 is 5.73 Å². The Morgan fingerprint density at radius 3 is 2.89 bits per heavy atom. The van der Waals surface area contributed by atoms with Gasteiger partial charge in [-0.05, 0) is 17.9 Å². The average Bonchev–Trinajstić information content (AvgIpc) is 2.83. The van der Waals surface area contributed by atoms with Gasteiger partial charge in [0.1, 0.15) is 0 Å². The van der Waals surface area contributed by atoms with Gasteiger partial charge >= 0.3 is 0 Å². The molecule has 0 spiro atoms. The molecular weight excluding hydrogens is 254 g/mol. The molecule has 3 rings (SSSR count). The van der Waals surface area contributed by atoms with Gasteiger partial charge in [-0.25, -0.2) is 4.98 Å². The van der Waals surface area contributed by atoms with Crippen molar-refractivity contribution in [2.75, 3.05) is 0 Å². The van der Waals surface area contributed by atoms with Crippen LogP contribution in [0.1, 0.15) is 22.3 Å². The first-order chi connectivity index (χ1) is 9.24. The van der Waals surface area contributed by atoms with Gasteiger partial charge in [0.2, 0.25) is 0 Å². The zero-order valence-corrected chi connectivity index (χ0v) is 11.5. The lowest BCUT2D eigenvalue weighted by Gasteiger charge is -2.13. The molecule has 0 saturated carbocycles. The molecule has 0 aliphatic rings. The summed E-state index contributed by atoms with van der Waals surface area (Å²) in [5, 5.41) is 5.47. The van der Waals surface area contributed by atoms with E-state index in [1.54, 1.807) is 11.3 Å². The van der Waals surface area contributed by atoms with E-state index in [-0.39, 0.29) is 6.04 Å². The molecule has 0 aliphatic carbocycles. The Labute approximate surface area is 116 Å². The van der Waals surface area contributed by atoms with Crippen LogP contribution in [0.4, 0.5) is 0 Å². The van der Waals surface area contributed by atoms with Gasteiger partial charge in [0.15, 0.2) is 0 Å². The number of fused-ring (bicyclic) bond motifs is 1. The van der Waals surface area contributed by atoms with Crippen LogP contribution in [0.2, 0.25) is 0 Å². The molecule has 19 heavy (non-hydrogen) atoms. The Bertz CT molecular complexity index is 700. The summed E-state index contributed by atoms with van der Waals surface area (Å²) in [7, 11) is 0. The van der Waals surface area contributed by atoms with Gasteiger partial charge in [0.25, 0.3) is 0 Å². The number of aromatic nitrogens is 2. The minimum absolute atomic E-state index is 0.0694. The molecule has 96 valence electrons. The second-order valence-corrected chi connectivity index (χ2v) is 5.68. The second-order valence-electron chi connectivity index (χ2n) is 4.62. The van der Waals surface area contributed by atoms with Crippen molar-refractivity contribution < 1.29 is 0 Å². The summed E-state index contributed by atoms with van der Waals surface area (Å²) in [5.41, 5.74) is 8.47. The number of rotatable bonds is 3. The van der Waals surface area contributed by atoms with E-state index >= 15 is 0 Å². The Balaban J connectivity index is 1.95. The molecule has 4 heteroatoms. The monoisotopic (exact) mass is 269 g/mol. The molecule has 3 aromatic rings. The van der Waals surface area contributed by atoms with Crippen molar-refractivity contribution in [1.29, 1.82) is 0 Å². The van der Waals surface area contributed by atoms with Crippen LogP contribution in [-0.4, -0.2) is 9.97 Å². The molecular formula is C15H15N3S. The van der Waals surface area contributed by atoms with Gasteiger partial charge in [0, 0.05) is 35.6 Å². The number of hydrogen-bond acceptors (Lipinski definition) is 4. The van der Waals surface area contributed by atoms with Gasteiger partial charge in [-0.1, -0.05) is 24.3 Å². The highest BCUT2D eigenvalue weighted by Gasteiger charge is 2.12. The molecule has 1 unspecified atom stereocenters. The van der Waals surface area contributed by atoms with E-state index in [9.17, 15) is 0 Å². The number of nitrogens with two attached hydrogens (primary N) is 1. The maximum Gasteiger partial charge on any atom is 0.0897 e. The lowest BCUT2D eigenvalue weighted by Crippen LogP contribution is -2.14. The van der Waals surface area contributed by atoms with E-state index in [1.165, 1.54) is 5.39 Å². The highest BCUT2D eigenvalue weighted by atomic mass is 32.1. The molecule has 2 aromatic heterocycles. The average molecular weight is 269 g/mol. The quantitative estimate of drug-likeness (QED) is 0.794. The van der Waals surface area contributed by atoms with Crippen molar-refractivity contribution in [1.82, 2.24) is 9.97 Å². The van der Waals surface area contributed by atoms with Gasteiger partial charge < -0.3 is 5.73 Å². The molecule has 2 heterocycles. The Morgan fingerprint density at radius 2 is 2.11 bits per heavy atom. The summed E-state index contributed by atoms with van der Waals surface area (Å²) < 4.78 is 0. The van der Waals surface area contributed by atoms with E-state index in [0.717, 1.165) is 28.1 Å². The molecule has 0 fully saturated rings. The lowest BCUT2D eigenvalue weighted by molar-refractivity contribution is 0.711. The normalized spacial score (nSPS) is 12.7. The van der Waals surface area contributed by atoms with Crippen LogP contribution in [0.15, 0.2) is 42.0 Å². The van der Waals surface area contributed by atoms with E-state index in [4.69, 9.17) is 5.73 Å². The fourth-order valence-electron chi connectivity index (χ4n) is 2.27. The second kappa shape index (κ2) is 5.07. The number of thiazole rings is 1. The Morgan fingerprint density at radius 1 is 1.26 bits per heavy atom. The van der Waals surface area contributed by atoms with Crippen molar-refractivity contribution in [2.24, 2.45) is 5.73 Å². The summed E-state index contributed by atoms with van der Waals surface area (Å²) in [6.45, 7) is 2.01. The highest BCUT2D eigenvalue weighted by molar-refractivity contribution is 7.09. The number of aryl methyl sites for hydroxylation is 1. The van der Waals surface area contributed by atoms with E-state index in [2.05, 4.69) is 27.5 Å². The minimum atomic E-state index is -0.0694. The largest absolute Gasteiger partial charge is 0.324 e. The van der Waals surface area contributed by atoms with Crippen molar-refractivity contribution in [3.8, 4) is 0 Å².